The van der Waals surface area contributed by atoms with Crippen LogP contribution in [0.15, 0.2) is 11.8 Å². The summed E-state index contributed by atoms with van der Waals surface area (Å²) in [5, 5.41) is 9.34. The van der Waals surface area contributed by atoms with Crippen molar-refractivity contribution in [1.29, 1.82) is 5.26 Å². The Bertz CT molecular complexity index is 525. The molecule has 0 aromatic rings. The van der Waals surface area contributed by atoms with E-state index in [1.807, 2.05) is 11.0 Å². The van der Waals surface area contributed by atoms with Gasteiger partial charge in [-0.1, -0.05) is 0 Å². The predicted octanol–water partition coefficient (Wildman–Crippen LogP) is -1.31. The topological polar surface area (TPSA) is 120 Å². The molecule has 2 aliphatic heterocycles. The maximum atomic E-state index is 12.5. The summed E-state index contributed by atoms with van der Waals surface area (Å²) in [4.78, 5) is 29.6. The van der Waals surface area contributed by atoms with Crippen LogP contribution in [0, 0.1) is 17.2 Å². The minimum absolute atomic E-state index is 0.105. The van der Waals surface area contributed by atoms with Crippen LogP contribution in [-0.4, -0.2) is 78.9 Å². The Kier molecular flexibility index (Phi) is 6.58. The van der Waals surface area contributed by atoms with Crippen molar-refractivity contribution < 1.29 is 9.59 Å². The monoisotopic (exact) mass is 334 g/mol. The van der Waals surface area contributed by atoms with E-state index >= 15 is 0 Å². The first-order chi connectivity index (χ1) is 11.5. The van der Waals surface area contributed by atoms with Gasteiger partial charge in [0.05, 0.1) is 0 Å². The van der Waals surface area contributed by atoms with Crippen LogP contribution in [0.3, 0.4) is 0 Å². The van der Waals surface area contributed by atoms with E-state index in [1.165, 1.54) is 0 Å². The zero-order valence-electron chi connectivity index (χ0n) is 14.0. The Balaban J connectivity index is 1.90. The van der Waals surface area contributed by atoms with Gasteiger partial charge in [0.15, 0.2) is 0 Å². The molecule has 2 heterocycles. The van der Waals surface area contributed by atoms with Crippen LogP contribution in [0.4, 0.5) is 0 Å². The summed E-state index contributed by atoms with van der Waals surface area (Å²) in [5.41, 5.74) is 11.0. The van der Waals surface area contributed by atoms with Gasteiger partial charge in [-0.2, -0.15) is 5.26 Å². The molecule has 8 heteroatoms. The molecule has 2 saturated heterocycles. The number of hydrogen-bond acceptors (Lipinski definition) is 6. The Morgan fingerprint density at radius 2 is 1.75 bits per heavy atom. The molecule has 4 N–H and O–H groups in total. The SMILES string of the molecule is N#C/C(=C/N1CCC(C(N)=O)CC1)C(=O)N1CCN(CCN)CC1. The van der Waals surface area contributed by atoms with E-state index in [-0.39, 0.29) is 23.3 Å². The lowest BCUT2D eigenvalue weighted by Gasteiger charge is -2.34. The maximum absolute atomic E-state index is 12.5. The van der Waals surface area contributed by atoms with Gasteiger partial charge >= 0.3 is 0 Å². The largest absolute Gasteiger partial charge is 0.376 e. The van der Waals surface area contributed by atoms with E-state index in [0.29, 0.717) is 45.6 Å². The van der Waals surface area contributed by atoms with Gasteiger partial charge in [-0.25, -0.2) is 0 Å². The van der Waals surface area contributed by atoms with E-state index in [1.54, 1.807) is 11.1 Å². The average molecular weight is 334 g/mol. The fourth-order valence-electron chi connectivity index (χ4n) is 3.16. The number of carbonyl (C=O) groups excluding carboxylic acids is 2. The molecular formula is C16H26N6O2. The summed E-state index contributed by atoms with van der Waals surface area (Å²) in [6.07, 6.45) is 2.96. The molecule has 0 bridgehead atoms. The highest BCUT2D eigenvalue weighted by atomic mass is 16.2. The molecule has 0 atom stereocenters. The van der Waals surface area contributed by atoms with E-state index in [2.05, 4.69) is 4.90 Å². The fraction of sp³-hybridized carbons (Fsp3) is 0.688. The molecule has 8 nitrogen and oxygen atoms in total. The van der Waals surface area contributed by atoms with Gasteiger partial charge in [-0.3, -0.25) is 14.5 Å². The number of rotatable bonds is 5. The third kappa shape index (κ3) is 4.69. The van der Waals surface area contributed by atoms with Crippen molar-refractivity contribution in [2.45, 2.75) is 12.8 Å². The number of nitrogens with zero attached hydrogens (tertiary/aromatic N) is 4. The molecule has 2 fully saturated rings. The molecule has 2 rings (SSSR count). The van der Waals surface area contributed by atoms with Crippen LogP contribution in [-0.2, 0) is 9.59 Å². The molecular weight excluding hydrogens is 308 g/mol. The molecule has 0 aromatic heterocycles. The smallest absolute Gasteiger partial charge is 0.266 e. The number of carbonyl (C=O) groups is 2. The number of piperazine rings is 1. The first-order valence-corrected chi connectivity index (χ1v) is 8.42. The van der Waals surface area contributed by atoms with Gasteiger partial charge in [0.2, 0.25) is 5.91 Å². The Morgan fingerprint density at radius 3 is 2.25 bits per heavy atom. The highest BCUT2D eigenvalue weighted by molar-refractivity contribution is 5.97. The van der Waals surface area contributed by atoms with Crippen LogP contribution in [0.25, 0.3) is 0 Å². The van der Waals surface area contributed by atoms with Crippen LogP contribution >= 0.6 is 0 Å². The van der Waals surface area contributed by atoms with Gasteiger partial charge in [0.25, 0.3) is 5.91 Å². The summed E-state index contributed by atoms with van der Waals surface area (Å²) in [6, 6.07) is 2.02. The first kappa shape index (κ1) is 18.2. The summed E-state index contributed by atoms with van der Waals surface area (Å²) in [6.45, 7) is 5.50. The van der Waals surface area contributed by atoms with Crippen molar-refractivity contribution in [2.75, 3.05) is 52.4 Å². The second-order valence-electron chi connectivity index (χ2n) is 6.29. The Morgan fingerprint density at radius 1 is 1.12 bits per heavy atom. The standard InChI is InChI=1S/C16H26N6O2/c17-3-6-20-7-9-22(10-8-20)16(24)14(11-18)12-21-4-1-13(2-5-21)15(19)23/h12-13H,1-10,17H2,(H2,19,23)/b14-12-. The predicted molar refractivity (Wildman–Crippen MR) is 89.3 cm³/mol. The molecule has 0 radical (unpaired) electrons. The second-order valence-corrected chi connectivity index (χ2v) is 6.29. The average Bonchev–Trinajstić information content (AvgIpc) is 2.60. The zero-order valence-corrected chi connectivity index (χ0v) is 14.0. The zero-order chi connectivity index (χ0) is 17.5. The van der Waals surface area contributed by atoms with Crippen molar-refractivity contribution in [3.05, 3.63) is 11.8 Å². The van der Waals surface area contributed by atoms with Crippen LogP contribution in [0.2, 0.25) is 0 Å². The van der Waals surface area contributed by atoms with Crippen molar-refractivity contribution >= 4 is 11.8 Å². The molecule has 0 unspecified atom stereocenters. The maximum Gasteiger partial charge on any atom is 0.266 e. The Labute approximate surface area is 142 Å². The van der Waals surface area contributed by atoms with Gasteiger partial charge in [-0.05, 0) is 12.8 Å². The van der Waals surface area contributed by atoms with E-state index in [9.17, 15) is 14.9 Å². The lowest BCUT2D eigenvalue weighted by Crippen LogP contribution is -2.50. The minimum Gasteiger partial charge on any atom is -0.376 e. The quantitative estimate of drug-likeness (QED) is 0.476. The number of likely N-dealkylation sites (tertiary alicyclic amines) is 1. The van der Waals surface area contributed by atoms with Crippen molar-refractivity contribution in [3.8, 4) is 6.07 Å². The van der Waals surface area contributed by atoms with E-state index in [0.717, 1.165) is 19.6 Å². The summed E-state index contributed by atoms with van der Waals surface area (Å²) >= 11 is 0. The van der Waals surface area contributed by atoms with Crippen molar-refractivity contribution in [3.63, 3.8) is 0 Å². The molecule has 0 spiro atoms. The van der Waals surface area contributed by atoms with Gasteiger partial charge in [0, 0.05) is 64.5 Å². The lowest BCUT2D eigenvalue weighted by atomic mass is 9.96. The van der Waals surface area contributed by atoms with Crippen molar-refractivity contribution in [2.24, 2.45) is 17.4 Å². The normalized spacial score (nSPS) is 20.8. The number of nitriles is 1. The molecule has 24 heavy (non-hydrogen) atoms. The fourth-order valence-corrected chi connectivity index (χ4v) is 3.16. The van der Waals surface area contributed by atoms with Crippen LogP contribution in [0.5, 0.6) is 0 Å². The van der Waals surface area contributed by atoms with E-state index in [4.69, 9.17) is 11.5 Å². The lowest BCUT2D eigenvalue weighted by molar-refractivity contribution is -0.128. The van der Waals surface area contributed by atoms with Gasteiger partial charge < -0.3 is 21.3 Å². The second kappa shape index (κ2) is 8.66. The molecule has 132 valence electrons. The first-order valence-electron chi connectivity index (χ1n) is 8.42. The summed E-state index contributed by atoms with van der Waals surface area (Å²) < 4.78 is 0. The third-order valence-electron chi connectivity index (χ3n) is 4.70. The number of piperidine rings is 1. The molecule has 0 aliphatic carbocycles. The molecule has 0 saturated carbocycles. The highest BCUT2D eigenvalue weighted by Crippen LogP contribution is 2.18. The van der Waals surface area contributed by atoms with E-state index < -0.39 is 0 Å². The minimum atomic E-state index is -0.273. The van der Waals surface area contributed by atoms with Gasteiger partial charge in [-0.15, -0.1) is 0 Å². The Hall–Kier alpha value is -2.11. The van der Waals surface area contributed by atoms with Gasteiger partial charge in [0.1, 0.15) is 11.6 Å². The molecule has 2 aliphatic rings. The number of hydrogen-bond donors (Lipinski definition) is 2. The van der Waals surface area contributed by atoms with Crippen LogP contribution < -0.4 is 11.5 Å². The summed E-state index contributed by atoms with van der Waals surface area (Å²) in [5.74, 6) is -0.598. The highest BCUT2D eigenvalue weighted by Gasteiger charge is 2.26. The summed E-state index contributed by atoms with van der Waals surface area (Å²) in [7, 11) is 0. The number of nitrogens with two attached hydrogens (primary N) is 2. The van der Waals surface area contributed by atoms with Crippen molar-refractivity contribution in [1.82, 2.24) is 14.7 Å². The molecule has 0 aromatic carbocycles. The number of primary amides is 1. The molecule has 2 amide bonds. The third-order valence-corrected chi connectivity index (χ3v) is 4.70. The number of amides is 2. The van der Waals surface area contributed by atoms with Crippen LogP contribution in [0.1, 0.15) is 12.8 Å².